The molecule has 2 aliphatic heterocycles. The molecule has 2 saturated heterocycles. The van der Waals surface area contributed by atoms with E-state index in [2.05, 4.69) is 36.7 Å². The standard InChI is InChI=1S/C17H28N2O4.C6H10N2O2.BrH.H2O/c1-10(2)12-6-5-11(3)9-13(12)23-16(22)19-17(4)8-7-14(20)18-15(17)21;1-6(7)3-2-4(9)8-5(6)10;;/h10-13H,5-9H2,1-4H3,(H,19,22)(H,18,20,21);2-3,7H2,1H3,(H,8,9,10);1H;1H2/t11-,12?,13-,17-;6-;;/m00../s1. The third-order valence-corrected chi connectivity index (χ3v) is 6.85. The molecule has 0 aromatic carbocycles. The average molecular weight is 566 g/mol. The molecule has 0 aromatic rings. The summed E-state index contributed by atoms with van der Waals surface area (Å²) in [5, 5.41) is 7.09. The first-order valence-electron chi connectivity index (χ1n) is 11.7. The van der Waals surface area contributed by atoms with Gasteiger partial charge in [-0.3, -0.25) is 29.8 Å². The normalized spacial score (nSPS) is 32.6. The fourth-order valence-corrected chi connectivity index (χ4v) is 4.38. The van der Waals surface area contributed by atoms with Crippen molar-refractivity contribution in [1.29, 1.82) is 0 Å². The van der Waals surface area contributed by atoms with E-state index < -0.39 is 23.1 Å². The minimum Gasteiger partial charge on any atom is -0.446 e. The van der Waals surface area contributed by atoms with Crippen LogP contribution in [0.4, 0.5) is 4.79 Å². The Hall–Kier alpha value is -2.05. The zero-order valence-electron chi connectivity index (χ0n) is 21.2. The lowest BCUT2D eigenvalue weighted by molar-refractivity contribution is -0.139. The van der Waals surface area contributed by atoms with Gasteiger partial charge in [0.25, 0.3) is 5.91 Å². The maximum absolute atomic E-state index is 12.3. The number of alkyl carbamates (subject to hydrolysis) is 1. The van der Waals surface area contributed by atoms with E-state index in [1.807, 2.05) is 0 Å². The molecule has 0 aromatic heterocycles. The fraction of sp³-hybridized carbons (Fsp3) is 0.783. The summed E-state index contributed by atoms with van der Waals surface area (Å²) in [6.07, 6.45) is 3.69. The maximum Gasteiger partial charge on any atom is 0.408 e. The highest BCUT2D eigenvalue weighted by molar-refractivity contribution is 8.93. The number of ether oxygens (including phenoxy) is 1. The van der Waals surface area contributed by atoms with Crippen molar-refractivity contribution < 1.29 is 34.2 Å². The van der Waals surface area contributed by atoms with Gasteiger partial charge in [-0.15, -0.1) is 17.0 Å². The first-order chi connectivity index (χ1) is 15.2. The quantitative estimate of drug-likeness (QED) is 0.371. The molecule has 202 valence electrons. The highest BCUT2D eigenvalue weighted by atomic mass is 79.9. The Labute approximate surface area is 217 Å². The van der Waals surface area contributed by atoms with Crippen molar-refractivity contribution in [3.63, 3.8) is 0 Å². The van der Waals surface area contributed by atoms with E-state index in [0.717, 1.165) is 19.3 Å². The van der Waals surface area contributed by atoms with Gasteiger partial charge in [0.2, 0.25) is 17.7 Å². The van der Waals surface area contributed by atoms with Crippen LogP contribution in [0.3, 0.4) is 0 Å². The second kappa shape index (κ2) is 13.3. The minimum absolute atomic E-state index is 0. The van der Waals surface area contributed by atoms with Gasteiger partial charge in [0.1, 0.15) is 11.6 Å². The lowest BCUT2D eigenvalue weighted by Gasteiger charge is -2.38. The van der Waals surface area contributed by atoms with E-state index in [9.17, 15) is 24.0 Å². The summed E-state index contributed by atoms with van der Waals surface area (Å²) in [7, 11) is 0. The summed E-state index contributed by atoms with van der Waals surface area (Å²) in [5.74, 6) is -0.0320. The molecule has 5 atom stereocenters. The van der Waals surface area contributed by atoms with E-state index in [-0.39, 0.29) is 52.7 Å². The van der Waals surface area contributed by atoms with Gasteiger partial charge in [-0.25, -0.2) is 4.79 Å². The first-order valence-corrected chi connectivity index (χ1v) is 11.7. The van der Waals surface area contributed by atoms with Gasteiger partial charge in [-0.2, -0.15) is 0 Å². The van der Waals surface area contributed by atoms with Crippen LogP contribution in [0.5, 0.6) is 0 Å². The summed E-state index contributed by atoms with van der Waals surface area (Å²) in [6, 6.07) is 0. The SMILES string of the molecule is Br.CC(C)C1CC[C@H](C)C[C@@H]1OC(=O)N[C@@]1(C)CCC(=O)NC1=O.C[C@]1(N)CCC(=O)NC1=O.O. The zero-order chi connectivity index (χ0) is 25.0. The Kier molecular flexibility index (Phi) is 12.5. The molecule has 12 heteroatoms. The molecular weight excluding hydrogens is 524 g/mol. The molecule has 3 fully saturated rings. The molecule has 1 aliphatic carbocycles. The van der Waals surface area contributed by atoms with Gasteiger partial charge in [0.05, 0.1) is 5.54 Å². The van der Waals surface area contributed by atoms with Crippen LogP contribution in [0.25, 0.3) is 0 Å². The van der Waals surface area contributed by atoms with Crippen molar-refractivity contribution in [3.8, 4) is 0 Å². The van der Waals surface area contributed by atoms with Crippen molar-refractivity contribution in [2.75, 3.05) is 0 Å². The number of halogens is 1. The van der Waals surface area contributed by atoms with Gasteiger partial charge >= 0.3 is 6.09 Å². The van der Waals surface area contributed by atoms with E-state index >= 15 is 0 Å². The number of piperidine rings is 2. The molecule has 7 N–H and O–H groups in total. The first kappa shape index (κ1) is 33.0. The van der Waals surface area contributed by atoms with Crippen LogP contribution in [0.2, 0.25) is 0 Å². The van der Waals surface area contributed by atoms with Crippen LogP contribution in [0.15, 0.2) is 0 Å². The van der Waals surface area contributed by atoms with Gasteiger partial charge in [-0.1, -0.05) is 27.2 Å². The number of carbonyl (C=O) groups is 5. The third-order valence-electron chi connectivity index (χ3n) is 6.85. The summed E-state index contributed by atoms with van der Waals surface area (Å²) in [5.41, 5.74) is 3.58. The number of imide groups is 2. The molecule has 0 spiro atoms. The number of nitrogens with two attached hydrogens (primary N) is 1. The van der Waals surface area contributed by atoms with E-state index in [1.54, 1.807) is 13.8 Å². The number of hydrogen-bond donors (Lipinski definition) is 4. The Balaban J connectivity index is 0.000000816. The van der Waals surface area contributed by atoms with Crippen LogP contribution in [-0.2, 0) is 23.9 Å². The van der Waals surface area contributed by atoms with Crippen molar-refractivity contribution in [2.45, 2.75) is 96.7 Å². The summed E-state index contributed by atoms with van der Waals surface area (Å²) in [4.78, 5) is 57.0. The Morgan fingerprint density at radius 1 is 1.03 bits per heavy atom. The summed E-state index contributed by atoms with van der Waals surface area (Å²) < 4.78 is 5.66. The molecule has 0 bridgehead atoms. The molecule has 11 nitrogen and oxygen atoms in total. The van der Waals surface area contributed by atoms with Gasteiger partial charge in [0, 0.05) is 12.8 Å². The molecular formula is C23H41BrN4O7. The average Bonchev–Trinajstić information content (AvgIpc) is 2.69. The van der Waals surface area contributed by atoms with Crippen molar-refractivity contribution in [1.82, 2.24) is 16.0 Å². The number of rotatable bonds is 3. The van der Waals surface area contributed by atoms with Crippen LogP contribution in [0, 0.1) is 17.8 Å². The van der Waals surface area contributed by atoms with Crippen LogP contribution in [-0.4, -0.2) is 52.4 Å². The van der Waals surface area contributed by atoms with Gasteiger partial charge in [-0.05, 0) is 57.3 Å². The highest BCUT2D eigenvalue weighted by Crippen LogP contribution is 2.35. The van der Waals surface area contributed by atoms with Crippen molar-refractivity contribution in [3.05, 3.63) is 0 Å². The summed E-state index contributed by atoms with van der Waals surface area (Å²) in [6.45, 7) is 9.72. The van der Waals surface area contributed by atoms with Crippen LogP contribution < -0.4 is 21.7 Å². The Morgan fingerprint density at radius 3 is 2.06 bits per heavy atom. The predicted molar refractivity (Wildman–Crippen MR) is 134 cm³/mol. The third kappa shape index (κ3) is 9.16. The van der Waals surface area contributed by atoms with E-state index in [0.29, 0.717) is 37.0 Å². The summed E-state index contributed by atoms with van der Waals surface area (Å²) >= 11 is 0. The smallest absolute Gasteiger partial charge is 0.408 e. The second-order valence-corrected chi connectivity index (χ2v) is 10.4. The lowest BCUT2D eigenvalue weighted by Crippen LogP contribution is -2.61. The number of amides is 5. The second-order valence-electron chi connectivity index (χ2n) is 10.4. The Morgan fingerprint density at radius 2 is 1.57 bits per heavy atom. The van der Waals surface area contributed by atoms with Gasteiger partial charge < -0.3 is 21.3 Å². The molecule has 35 heavy (non-hydrogen) atoms. The van der Waals surface area contributed by atoms with Crippen LogP contribution >= 0.6 is 17.0 Å². The van der Waals surface area contributed by atoms with Crippen molar-refractivity contribution >= 4 is 46.7 Å². The maximum atomic E-state index is 12.3. The monoisotopic (exact) mass is 564 g/mol. The number of hydrogen-bond acceptors (Lipinski definition) is 7. The molecule has 1 saturated carbocycles. The highest BCUT2D eigenvalue weighted by Gasteiger charge is 2.41. The molecule has 0 radical (unpaired) electrons. The molecule has 2 heterocycles. The van der Waals surface area contributed by atoms with Crippen LogP contribution in [0.1, 0.15) is 79.6 Å². The molecule has 5 amide bonds. The number of nitrogens with one attached hydrogen (secondary N) is 3. The molecule has 3 rings (SSSR count). The molecule has 1 unspecified atom stereocenters. The number of carbonyl (C=O) groups excluding carboxylic acids is 5. The zero-order valence-corrected chi connectivity index (χ0v) is 22.9. The fourth-order valence-electron chi connectivity index (χ4n) is 4.38. The van der Waals surface area contributed by atoms with Crippen molar-refractivity contribution in [2.24, 2.45) is 23.5 Å². The minimum atomic E-state index is -1.08. The van der Waals surface area contributed by atoms with Gasteiger partial charge in [0.15, 0.2) is 0 Å². The predicted octanol–water partition coefficient (Wildman–Crippen LogP) is 1.26. The topological polar surface area (TPSA) is 188 Å². The molecule has 3 aliphatic rings. The Bertz CT molecular complexity index is 805. The largest absolute Gasteiger partial charge is 0.446 e. The lowest BCUT2D eigenvalue weighted by atomic mass is 9.75. The van der Waals surface area contributed by atoms with E-state index in [4.69, 9.17) is 10.5 Å². The van der Waals surface area contributed by atoms with E-state index in [1.165, 1.54) is 0 Å².